The molecule has 1 aliphatic heterocycles. The van der Waals surface area contributed by atoms with Gasteiger partial charge in [-0.3, -0.25) is 20.4 Å². The van der Waals surface area contributed by atoms with Gasteiger partial charge in [-0.05, 0) is 31.2 Å². The molecule has 0 bridgehead atoms. The molecule has 3 rings (SSSR count). The molecule has 1 heterocycles. The van der Waals surface area contributed by atoms with E-state index >= 15 is 0 Å². The molecule has 2 aromatic rings. The van der Waals surface area contributed by atoms with E-state index in [0.717, 1.165) is 0 Å². The third-order valence-electron chi connectivity index (χ3n) is 3.91. The summed E-state index contributed by atoms with van der Waals surface area (Å²) in [5, 5.41) is 0. The van der Waals surface area contributed by atoms with Crippen LogP contribution in [0.4, 0.5) is 0 Å². The first-order valence-electron chi connectivity index (χ1n) is 9.03. The second-order valence-corrected chi connectivity index (χ2v) is 5.87. The summed E-state index contributed by atoms with van der Waals surface area (Å²) in [7, 11) is 1.47. The number of benzene rings is 2. The fourth-order valence-corrected chi connectivity index (χ4v) is 2.63. The lowest BCUT2D eigenvalue weighted by Crippen LogP contribution is -2.43. The van der Waals surface area contributed by atoms with Crippen LogP contribution in [0.1, 0.15) is 17.3 Å². The van der Waals surface area contributed by atoms with Crippen molar-refractivity contribution in [2.75, 3.05) is 33.5 Å². The Morgan fingerprint density at radius 2 is 1.72 bits per heavy atom. The second kappa shape index (κ2) is 9.54. The summed E-state index contributed by atoms with van der Waals surface area (Å²) in [6, 6.07) is 10.0. The van der Waals surface area contributed by atoms with Gasteiger partial charge < -0.3 is 23.7 Å². The molecule has 9 nitrogen and oxygen atoms in total. The highest BCUT2D eigenvalue weighted by Gasteiger charge is 2.21. The summed E-state index contributed by atoms with van der Waals surface area (Å²) < 4.78 is 27.1. The Morgan fingerprint density at radius 1 is 1.00 bits per heavy atom. The molecule has 2 N–H and O–H groups in total. The zero-order valence-corrected chi connectivity index (χ0v) is 16.2. The van der Waals surface area contributed by atoms with Gasteiger partial charge in [0, 0.05) is 5.56 Å². The van der Waals surface area contributed by atoms with Crippen LogP contribution >= 0.6 is 0 Å². The summed E-state index contributed by atoms with van der Waals surface area (Å²) in [5.41, 5.74) is 4.88. The number of hydrogen-bond acceptors (Lipinski definition) is 7. The Bertz CT molecular complexity index is 868. The SMILES string of the molecule is CCOc1ccccc1OCC(=O)NNC(=O)c1cc(OC)c2c(c1)OCCO2. The molecule has 0 spiro atoms. The van der Waals surface area contributed by atoms with Crippen LogP contribution in [0.25, 0.3) is 0 Å². The number of ether oxygens (including phenoxy) is 5. The van der Waals surface area contributed by atoms with Gasteiger partial charge in [0.1, 0.15) is 13.2 Å². The van der Waals surface area contributed by atoms with Gasteiger partial charge in [-0.2, -0.15) is 0 Å². The van der Waals surface area contributed by atoms with Crippen molar-refractivity contribution in [2.45, 2.75) is 6.92 Å². The van der Waals surface area contributed by atoms with Crippen molar-refractivity contribution >= 4 is 11.8 Å². The van der Waals surface area contributed by atoms with Gasteiger partial charge in [0.05, 0.1) is 13.7 Å². The number of hydrazine groups is 1. The van der Waals surface area contributed by atoms with E-state index in [1.54, 1.807) is 24.3 Å². The first kappa shape index (κ1) is 20.1. The summed E-state index contributed by atoms with van der Waals surface area (Å²) in [5.74, 6) is 1.12. The number of hydrogen-bond donors (Lipinski definition) is 2. The predicted octanol–water partition coefficient (Wildman–Crippen LogP) is 1.71. The zero-order chi connectivity index (χ0) is 20.6. The Kier molecular flexibility index (Phi) is 6.62. The molecule has 0 fully saturated rings. The van der Waals surface area contributed by atoms with Crippen LogP contribution in [0, 0.1) is 0 Å². The maximum Gasteiger partial charge on any atom is 0.276 e. The summed E-state index contributed by atoms with van der Waals surface area (Å²) in [6.07, 6.45) is 0. The molecule has 0 aliphatic carbocycles. The van der Waals surface area contributed by atoms with E-state index in [4.69, 9.17) is 23.7 Å². The van der Waals surface area contributed by atoms with Crippen molar-refractivity contribution in [3.8, 4) is 28.7 Å². The lowest BCUT2D eigenvalue weighted by atomic mass is 10.1. The predicted molar refractivity (Wildman–Crippen MR) is 103 cm³/mol. The molecule has 154 valence electrons. The molecular formula is C20H22N2O7. The molecule has 0 radical (unpaired) electrons. The van der Waals surface area contributed by atoms with Crippen molar-refractivity contribution in [1.82, 2.24) is 10.9 Å². The van der Waals surface area contributed by atoms with E-state index < -0.39 is 11.8 Å². The minimum Gasteiger partial charge on any atom is -0.493 e. The lowest BCUT2D eigenvalue weighted by molar-refractivity contribution is -0.123. The molecule has 29 heavy (non-hydrogen) atoms. The van der Waals surface area contributed by atoms with Crippen molar-refractivity contribution < 1.29 is 33.3 Å². The Balaban J connectivity index is 1.56. The number of fused-ring (bicyclic) bond motifs is 1. The van der Waals surface area contributed by atoms with Crippen LogP contribution in [0.2, 0.25) is 0 Å². The van der Waals surface area contributed by atoms with Gasteiger partial charge in [-0.25, -0.2) is 0 Å². The molecule has 0 saturated heterocycles. The molecule has 0 saturated carbocycles. The number of para-hydroxylation sites is 2. The first-order chi connectivity index (χ1) is 14.1. The van der Waals surface area contributed by atoms with Gasteiger partial charge in [-0.15, -0.1) is 0 Å². The summed E-state index contributed by atoms with van der Waals surface area (Å²) >= 11 is 0. The van der Waals surface area contributed by atoms with Crippen LogP contribution in [-0.2, 0) is 4.79 Å². The van der Waals surface area contributed by atoms with Gasteiger partial charge >= 0.3 is 0 Å². The van der Waals surface area contributed by atoms with E-state index in [0.29, 0.717) is 48.6 Å². The average molecular weight is 402 g/mol. The average Bonchev–Trinajstić information content (AvgIpc) is 2.76. The second-order valence-electron chi connectivity index (χ2n) is 5.87. The van der Waals surface area contributed by atoms with E-state index in [9.17, 15) is 9.59 Å². The number of amides is 2. The van der Waals surface area contributed by atoms with Crippen molar-refractivity contribution in [1.29, 1.82) is 0 Å². The molecule has 2 amide bonds. The topological polar surface area (TPSA) is 104 Å². The van der Waals surface area contributed by atoms with Crippen LogP contribution in [-0.4, -0.2) is 45.4 Å². The number of carbonyl (C=O) groups is 2. The molecule has 0 atom stereocenters. The molecule has 1 aliphatic rings. The van der Waals surface area contributed by atoms with Crippen LogP contribution in [0.5, 0.6) is 28.7 Å². The highest BCUT2D eigenvalue weighted by Crippen LogP contribution is 2.40. The van der Waals surface area contributed by atoms with E-state index in [1.165, 1.54) is 19.2 Å². The smallest absolute Gasteiger partial charge is 0.276 e. The van der Waals surface area contributed by atoms with Crippen LogP contribution in [0.15, 0.2) is 36.4 Å². The third-order valence-corrected chi connectivity index (χ3v) is 3.91. The number of carbonyl (C=O) groups excluding carboxylic acids is 2. The largest absolute Gasteiger partial charge is 0.493 e. The molecule has 0 aromatic heterocycles. The highest BCUT2D eigenvalue weighted by molar-refractivity contribution is 5.96. The van der Waals surface area contributed by atoms with Gasteiger partial charge in [0.2, 0.25) is 5.75 Å². The first-order valence-corrected chi connectivity index (χ1v) is 9.03. The molecule has 9 heteroatoms. The maximum absolute atomic E-state index is 12.4. The third kappa shape index (κ3) is 5.01. The zero-order valence-electron chi connectivity index (χ0n) is 16.2. The number of methoxy groups -OCH3 is 1. The molecule has 0 unspecified atom stereocenters. The quantitative estimate of drug-likeness (QED) is 0.680. The van der Waals surface area contributed by atoms with Gasteiger partial charge in [0.25, 0.3) is 11.8 Å². The maximum atomic E-state index is 12.4. The Hall–Kier alpha value is -3.62. The monoisotopic (exact) mass is 402 g/mol. The lowest BCUT2D eigenvalue weighted by Gasteiger charge is -2.21. The fraction of sp³-hybridized carbons (Fsp3) is 0.300. The molecular weight excluding hydrogens is 380 g/mol. The highest BCUT2D eigenvalue weighted by atomic mass is 16.6. The summed E-state index contributed by atoms with van der Waals surface area (Å²) in [4.78, 5) is 24.4. The van der Waals surface area contributed by atoms with Gasteiger partial charge in [0.15, 0.2) is 29.6 Å². The van der Waals surface area contributed by atoms with Gasteiger partial charge in [-0.1, -0.05) is 12.1 Å². The van der Waals surface area contributed by atoms with E-state index in [1.807, 2.05) is 6.92 Å². The number of rotatable bonds is 7. The Morgan fingerprint density at radius 3 is 2.45 bits per heavy atom. The van der Waals surface area contributed by atoms with Crippen LogP contribution in [0.3, 0.4) is 0 Å². The van der Waals surface area contributed by atoms with E-state index in [2.05, 4.69) is 10.9 Å². The minimum atomic E-state index is -0.539. The molecule has 2 aromatic carbocycles. The fourth-order valence-electron chi connectivity index (χ4n) is 2.63. The standard InChI is InChI=1S/C20H22N2O7/c1-3-26-14-6-4-5-7-15(14)29-12-18(23)21-22-20(24)13-10-16(25-2)19-17(11-13)27-8-9-28-19/h4-7,10-11H,3,8-9,12H2,1-2H3,(H,21,23)(H,22,24). The Labute approximate surface area is 167 Å². The minimum absolute atomic E-state index is 0.244. The van der Waals surface area contributed by atoms with E-state index in [-0.39, 0.29) is 12.2 Å². The van der Waals surface area contributed by atoms with Crippen molar-refractivity contribution in [3.05, 3.63) is 42.0 Å². The van der Waals surface area contributed by atoms with Crippen molar-refractivity contribution in [3.63, 3.8) is 0 Å². The van der Waals surface area contributed by atoms with Crippen molar-refractivity contribution in [2.24, 2.45) is 0 Å². The normalized spacial score (nSPS) is 11.9. The summed E-state index contributed by atoms with van der Waals surface area (Å²) in [6.45, 7) is 2.80. The van der Waals surface area contributed by atoms with Crippen LogP contribution < -0.4 is 34.5 Å². The number of nitrogens with one attached hydrogen (secondary N) is 2.